The summed E-state index contributed by atoms with van der Waals surface area (Å²) in [5.41, 5.74) is 3.89. The van der Waals surface area contributed by atoms with E-state index in [1.807, 2.05) is 12.1 Å². The molecule has 3 heterocycles. The summed E-state index contributed by atoms with van der Waals surface area (Å²) in [7, 11) is 0. The van der Waals surface area contributed by atoms with Crippen molar-refractivity contribution in [3.8, 4) is 0 Å². The average Bonchev–Trinajstić information content (AvgIpc) is 3.36. The molecular weight excluding hydrogens is 346 g/mol. The number of nitrogens with zero attached hydrogens (tertiary/aromatic N) is 3. The molecule has 5 rings (SSSR count). The van der Waals surface area contributed by atoms with Crippen LogP contribution in [0.3, 0.4) is 0 Å². The first-order chi connectivity index (χ1) is 12.8. The molecule has 0 radical (unpaired) electrons. The third-order valence-corrected chi connectivity index (χ3v) is 6.43. The van der Waals surface area contributed by atoms with Crippen molar-refractivity contribution in [1.29, 1.82) is 0 Å². The number of aromatic amines is 1. The zero-order valence-electron chi connectivity index (χ0n) is 14.5. The third kappa shape index (κ3) is 2.76. The molecule has 1 atom stereocenters. The summed E-state index contributed by atoms with van der Waals surface area (Å²) in [4.78, 5) is 19.8. The van der Waals surface area contributed by atoms with Gasteiger partial charge in [-0.2, -0.15) is 5.10 Å². The number of rotatable bonds is 3. The lowest BCUT2D eigenvalue weighted by molar-refractivity contribution is 0.0927. The molecule has 1 fully saturated rings. The maximum absolute atomic E-state index is 12.7. The minimum atomic E-state index is -0.0412. The second kappa shape index (κ2) is 6.39. The minimum absolute atomic E-state index is 0.0412. The molecule has 1 aromatic carbocycles. The minimum Gasteiger partial charge on any atom is -0.346 e. The zero-order valence-corrected chi connectivity index (χ0v) is 15.3. The number of carbonyl (C=O) groups excluding carboxylic acids is 1. The fraction of sp³-hybridized carbons (Fsp3) is 0.421. The van der Waals surface area contributed by atoms with Gasteiger partial charge in [-0.25, -0.2) is 4.98 Å². The smallest absolute Gasteiger partial charge is 0.272 e. The van der Waals surface area contributed by atoms with Crippen LogP contribution in [0.2, 0.25) is 0 Å². The van der Waals surface area contributed by atoms with Crippen molar-refractivity contribution in [3.63, 3.8) is 0 Å². The Morgan fingerprint density at radius 1 is 1.27 bits per heavy atom. The molecule has 0 unspecified atom stereocenters. The SMILES string of the molecule is O=C(N[C@H]1CCCN(c2nc3ccccc3s2)C1)c1n[nH]c2c1CCC2. The molecule has 0 spiro atoms. The van der Waals surface area contributed by atoms with Crippen LogP contribution in [0, 0.1) is 0 Å². The monoisotopic (exact) mass is 367 g/mol. The fourth-order valence-electron chi connectivity index (χ4n) is 4.02. The van der Waals surface area contributed by atoms with Gasteiger partial charge in [0.25, 0.3) is 5.91 Å². The molecule has 2 N–H and O–H groups in total. The molecule has 1 saturated heterocycles. The summed E-state index contributed by atoms with van der Waals surface area (Å²) < 4.78 is 1.21. The Hall–Kier alpha value is -2.41. The lowest BCUT2D eigenvalue weighted by Crippen LogP contribution is -2.48. The van der Waals surface area contributed by atoms with Crippen LogP contribution in [0.25, 0.3) is 10.2 Å². The number of aromatic nitrogens is 3. The third-order valence-electron chi connectivity index (χ3n) is 5.33. The van der Waals surface area contributed by atoms with Crippen LogP contribution in [-0.4, -0.2) is 40.2 Å². The van der Waals surface area contributed by atoms with E-state index < -0.39 is 0 Å². The average molecular weight is 367 g/mol. The topological polar surface area (TPSA) is 73.9 Å². The van der Waals surface area contributed by atoms with Gasteiger partial charge < -0.3 is 10.2 Å². The number of H-pyrrole nitrogens is 1. The molecule has 2 aliphatic rings. The zero-order chi connectivity index (χ0) is 17.5. The highest BCUT2D eigenvalue weighted by Crippen LogP contribution is 2.30. The van der Waals surface area contributed by atoms with E-state index in [1.165, 1.54) is 4.70 Å². The largest absolute Gasteiger partial charge is 0.346 e. The van der Waals surface area contributed by atoms with Gasteiger partial charge >= 0.3 is 0 Å². The number of benzene rings is 1. The Labute approximate surface area is 155 Å². The number of para-hydroxylation sites is 1. The van der Waals surface area contributed by atoms with Gasteiger partial charge in [-0.05, 0) is 44.2 Å². The number of anilines is 1. The van der Waals surface area contributed by atoms with Crippen molar-refractivity contribution in [1.82, 2.24) is 20.5 Å². The number of amides is 1. The van der Waals surface area contributed by atoms with Crippen LogP contribution in [0.1, 0.15) is 41.0 Å². The van der Waals surface area contributed by atoms with Crippen LogP contribution >= 0.6 is 11.3 Å². The number of piperidine rings is 1. The molecule has 7 heteroatoms. The molecule has 2 aromatic heterocycles. The predicted octanol–water partition coefficient (Wildman–Crippen LogP) is 2.91. The number of thiazole rings is 1. The standard InChI is InChI=1S/C19H21N5OS/c25-18(17-13-6-3-8-14(13)22-23-17)20-12-5-4-10-24(11-12)19-21-15-7-1-2-9-16(15)26-19/h1-2,7,9,12H,3-6,8,10-11H2,(H,20,25)(H,22,23)/t12-/m0/s1. The van der Waals surface area contributed by atoms with Gasteiger partial charge in [-0.3, -0.25) is 9.89 Å². The summed E-state index contributed by atoms with van der Waals surface area (Å²) >= 11 is 1.72. The van der Waals surface area contributed by atoms with Crippen LogP contribution in [0.4, 0.5) is 5.13 Å². The molecule has 1 aliphatic heterocycles. The Balaban J connectivity index is 1.30. The van der Waals surface area contributed by atoms with E-state index in [2.05, 4.69) is 32.5 Å². The van der Waals surface area contributed by atoms with E-state index in [1.54, 1.807) is 11.3 Å². The van der Waals surface area contributed by atoms with Crippen molar-refractivity contribution in [2.24, 2.45) is 0 Å². The molecule has 134 valence electrons. The Kier molecular flexibility index (Phi) is 3.89. The van der Waals surface area contributed by atoms with Gasteiger partial charge in [0, 0.05) is 30.4 Å². The highest BCUT2D eigenvalue weighted by Gasteiger charge is 2.27. The van der Waals surface area contributed by atoms with E-state index in [0.29, 0.717) is 5.69 Å². The number of carbonyl (C=O) groups is 1. The fourth-order valence-corrected chi connectivity index (χ4v) is 5.03. The number of nitrogens with one attached hydrogen (secondary N) is 2. The molecule has 26 heavy (non-hydrogen) atoms. The molecule has 3 aromatic rings. The first-order valence-electron chi connectivity index (χ1n) is 9.25. The van der Waals surface area contributed by atoms with E-state index >= 15 is 0 Å². The number of hydrogen-bond donors (Lipinski definition) is 2. The molecular formula is C19H21N5OS. The highest BCUT2D eigenvalue weighted by molar-refractivity contribution is 7.22. The molecule has 1 amide bonds. The summed E-state index contributed by atoms with van der Waals surface area (Å²) in [6.07, 6.45) is 5.12. The van der Waals surface area contributed by atoms with Crippen LogP contribution in [0.5, 0.6) is 0 Å². The van der Waals surface area contributed by atoms with Gasteiger partial charge in [0.15, 0.2) is 10.8 Å². The lowest BCUT2D eigenvalue weighted by atomic mass is 10.1. The second-order valence-corrected chi connectivity index (χ2v) is 8.11. The summed E-state index contributed by atoms with van der Waals surface area (Å²) in [5.74, 6) is -0.0412. The van der Waals surface area contributed by atoms with Gasteiger partial charge in [-0.15, -0.1) is 0 Å². The predicted molar refractivity (Wildman–Crippen MR) is 103 cm³/mol. The second-order valence-electron chi connectivity index (χ2n) is 7.11. The number of aryl methyl sites for hydroxylation is 1. The van der Waals surface area contributed by atoms with Crippen molar-refractivity contribution in [2.45, 2.75) is 38.1 Å². The van der Waals surface area contributed by atoms with E-state index in [9.17, 15) is 4.79 Å². The van der Waals surface area contributed by atoms with E-state index in [-0.39, 0.29) is 11.9 Å². The van der Waals surface area contributed by atoms with Gasteiger partial charge in [0.05, 0.1) is 10.2 Å². The Bertz CT molecular complexity index is 929. The van der Waals surface area contributed by atoms with Gasteiger partial charge in [0.2, 0.25) is 0 Å². The van der Waals surface area contributed by atoms with Crippen molar-refractivity contribution in [2.75, 3.05) is 18.0 Å². The Morgan fingerprint density at radius 3 is 3.12 bits per heavy atom. The maximum Gasteiger partial charge on any atom is 0.272 e. The van der Waals surface area contributed by atoms with Crippen LogP contribution in [0.15, 0.2) is 24.3 Å². The van der Waals surface area contributed by atoms with Gasteiger partial charge in [-0.1, -0.05) is 23.5 Å². The molecule has 1 aliphatic carbocycles. The van der Waals surface area contributed by atoms with Crippen molar-refractivity contribution >= 4 is 32.6 Å². The first kappa shape index (κ1) is 15.8. The summed E-state index contributed by atoms with van der Waals surface area (Å²) in [5, 5.41) is 11.5. The summed E-state index contributed by atoms with van der Waals surface area (Å²) in [6.45, 7) is 1.79. The van der Waals surface area contributed by atoms with Crippen LogP contribution in [-0.2, 0) is 12.8 Å². The lowest BCUT2D eigenvalue weighted by Gasteiger charge is -2.32. The highest BCUT2D eigenvalue weighted by atomic mass is 32.1. The van der Waals surface area contributed by atoms with E-state index in [0.717, 1.165) is 67.1 Å². The van der Waals surface area contributed by atoms with Crippen LogP contribution < -0.4 is 10.2 Å². The van der Waals surface area contributed by atoms with Gasteiger partial charge in [0.1, 0.15) is 0 Å². The first-order valence-corrected chi connectivity index (χ1v) is 10.1. The molecule has 0 saturated carbocycles. The van der Waals surface area contributed by atoms with E-state index in [4.69, 9.17) is 4.98 Å². The summed E-state index contributed by atoms with van der Waals surface area (Å²) in [6, 6.07) is 8.37. The molecule has 6 nitrogen and oxygen atoms in total. The molecule has 0 bridgehead atoms. The van der Waals surface area contributed by atoms with Crippen molar-refractivity contribution < 1.29 is 4.79 Å². The number of hydrogen-bond acceptors (Lipinski definition) is 5. The number of fused-ring (bicyclic) bond motifs is 2. The maximum atomic E-state index is 12.7. The Morgan fingerprint density at radius 2 is 2.19 bits per heavy atom. The van der Waals surface area contributed by atoms with Crippen molar-refractivity contribution in [3.05, 3.63) is 41.2 Å². The normalized spacial score (nSPS) is 19.7. The quantitative estimate of drug-likeness (QED) is 0.746.